The van der Waals surface area contributed by atoms with E-state index in [0.717, 1.165) is 38.6 Å². The minimum atomic E-state index is 0.437. The average molecular weight is 227 g/mol. The van der Waals surface area contributed by atoms with Gasteiger partial charge < -0.3 is 5.73 Å². The highest BCUT2D eigenvalue weighted by Gasteiger charge is 2.10. The van der Waals surface area contributed by atoms with E-state index in [4.69, 9.17) is 5.73 Å². The fourth-order valence-corrected chi connectivity index (χ4v) is 2.02. The molecule has 0 aliphatic heterocycles. The molecule has 0 amide bonds. The molecule has 0 heterocycles. The van der Waals surface area contributed by atoms with Gasteiger partial charge in [-0.25, -0.2) is 0 Å². The maximum atomic E-state index is 11.6. The lowest BCUT2D eigenvalue weighted by molar-refractivity contribution is -0.119. The summed E-state index contributed by atoms with van der Waals surface area (Å²) in [5.74, 6) is 1.74. The summed E-state index contributed by atoms with van der Waals surface area (Å²) >= 11 is 0. The predicted octanol–water partition coefficient (Wildman–Crippen LogP) is 3.54. The van der Waals surface area contributed by atoms with Gasteiger partial charge in [0.15, 0.2) is 0 Å². The molecule has 96 valence electrons. The Kier molecular flexibility index (Phi) is 9.60. The second kappa shape index (κ2) is 9.83. The van der Waals surface area contributed by atoms with Gasteiger partial charge in [-0.2, -0.15) is 0 Å². The summed E-state index contributed by atoms with van der Waals surface area (Å²) in [6, 6.07) is 0. The summed E-state index contributed by atoms with van der Waals surface area (Å²) < 4.78 is 0. The number of Topliss-reactive ketones (excluding diaryl/α,β-unsaturated/α-hetero) is 1. The minimum absolute atomic E-state index is 0.437. The normalized spacial score (nSPS) is 13.1. The van der Waals surface area contributed by atoms with Crippen molar-refractivity contribution in [1.29, 1.82) is 0 Å². The van der Waals surface area contributed by atoms with Crippen LogP contribution in [-0.4, -0.2) is 12.3 Å². The SMILES string of the molecule is CCCC(CCN)CCC(=O)CCC(C)C. The van der Waals surface area contributed by atoms with Crippen molar-refractivity contribution in [2.24, 2.45) is 17.6 Å². The molecule has 0 fully saturated rings. The third-order valence-electron chi connectivity index (χ3n) is 3.10. The molecular weight excluding hydrogens is 198 g/mol. The molecule has 0 saturated carbocycles. The van der Waals surface area contributed by atoms with E-state index in [0.29, 0.717) is 17.6 Å². The Balaban J connectivity index is 3.68. The number of carbonyl (C=O) groups is 1. The van der Waals surface area contributed by atoms with E-state index in [1.165, 1.54) is 12.8 Å². The van der Waals surface area contributed by atoms with Gasteiger partial charge in [0.2, 0.25) is 0 Å². The van der Waals surface area contributed by atoms with Crippen LogP contribution in [0, 0.1) is 11.8 Å². The van der Waals surface area contributed by atoms with Crippen molar-refractivity contribution in [3.05, 3.63) is 0 Å². The number of carbonyl (C=O) groups excluding carboxylic acids is 1. The van der Waals surface area contributed by atoms with Crippen LogP contribution in [0.2, 0.25) is 0 Å². The van der Waals surface area contributed by atoms with Gasteiger partial charge in [0.25, 0.3) is 0 Å². The van der Waals surface area contributed by atoms with Gasteiger partial charge in [-0.3, -0.25) is 4.79 Å². The van der Waals surface area contributed by atoms with Crippen LogP contribution in [0.3, 0.4) is 0 Å². The molecule has 2 N–H and O–H groups in total. The summed E-state index contributed by atoms with van der Waals surface area (Å²) in [6.07, 6.45) is 7.09. The zero-order chi connectivity index (χ0) is 12.4. The van der Waals surface area contributed by atoms with E-state index in [9.17, 15) is 4.79 Å². The van der Waals surface area contributed by atoms with E-state index < -0.39 is 0 Å². The first-order valence-corrected chi connectivity index (χ1v) is 6.81. The highest BCUT2D eigenvalue weighted by Crippen LogP contribution is 2.18. The van der Waals surface area contributed by atoms with E-state index >= 15 is 0 Å². The lowest BCUT2D eigenvalue weighted by atomic mass is 9.92. The topological polar surface area (TPSA) is 43.1 Å². The first-order chi connectivity index (χ1) is 7.60. The number of hydrogen-bond acceptors (Lipinski definition) is 2. The summed E-state index contributed by atoms with van der Waals surface area (Å²) in [4.78, 5) is 11.6. The Morgan fingerprint density at radius 1 is 1.06 bits per heavy atom. The molecule has 0 saturated heterocycles. The van der Waals surface area contributed by atoms with Gasteiger partial charge in [0, 0.05) is 12.8 Å². The zero-order valence-corrected chi connectivity index (χ0v) is 11.3. The quantitative estimate of drug-likeness (QED) is 0.620. The average Bonchev–Trinajstić information content (AvgIpc) is 2.23. The highest BCUT2D eigenvalue weighted by atomic mass is 16.1. The predicted molar refractivity (Wildman–Crippen MR) is 70.4 cm³/mol. The van der Waals surface area contributed by atoms with Gasteiger partial charge in [0.05, 0.1) is 0 Å². The van der Waals surface area contributed by atoms with Crippen molar-refractivity contribution in [2.45, 2.75) is 65.7 Å². The van der Waals surface area contributed by atoms with Crippen molar-refractivity contribution in [3.63, 3.8) is 0 Å². The van der Waals surface area contributed by atoms with Crippen LogP contribution >= 0.6 is 0 Å². The van der Waals surface area contributed by atoms with Crippen LogP contribution in [0.5, 0.6) is 0 Å². The van der Waals surface area contributed by atoms with Gasteiger partial charge in [0.1, 0.15) is 5.78 Å². The van der Waals surface area contributed by atoms with E-state index in [-0.39, 0.29) is 0 Å². The highest BCUT2D eigenvalue weighted by molar-refractivity contribution is 5.78. The Morgan fingerprint density at radius 2 is 1.69 bits per heavy atom. The first-order valence-electron chi connectivity index (χ1n) is 6.81. The second-order valence-electron chi connectivity index (χ2n) is 5.24. The molecule has 2 heteroatoms. The van der Waals surface area contributed by atoms with Crippen LogP contribution in [0.1, 0.15) is 65.7 Å². The molecule has 2 nitrogen and oxygen atoms in total. The molecule has 0 aliphatic carbocycles. The number of hydrogen-bond donors (Lipinski definition) is 1. The van der Waals surface area contributed by atoms with E-state index in [1.54, 1.807) is 0 Å². The van der Waals surface area contributed by atoms with Crippen molar-refractivity contribution < 1.29 is 4.79 Å². The molecule has 0 rings (SSSR count). The molecule has 0 aromatic heterocycles. The fourth-order valence-electron chi connectivity index (χ4n) is 2.02. The summed E-state index contributed by atoms with van der Waals surface area (Å²) in [6.45, 7) is 7.29. The lowest BCUT2D eigenvalue weighted by Crippen LogP contribution is -2.11. The largest absolute Gasteiger partial charge is 0.330 e. The summed E-state index contributed by atoms with van der Waals surface area (Å²) in [5, 5.41) is 0. The Labute approximate surface area is 101 Å². The molecule has 0 aromatic carbocycles. The van der Waals surface area contributed by atoms with Gasteiger partial charge in [-0.05, 0) is 37.6 Å². The summed E-state index contributed by atoms with van der Waals surface area (Å²) in [7, 11) is 0. The van der Waals surface area contributed by atoms with Crippen molar-refractivity contribution in [2.75, 3.05) is 6.54 Å². The standard InChI is InChI=1S/C14H29NO/c1-4-5-13(10-11-15)7-9-14(16)8-6-12(2)3/h12-13H,4-11,15H2,1-3H3. The third kappa shape index (κ3) is 8.90. The Morgan fingerprint density at radius 3 is 2.19 bits per heavy atom. The lowest BCUT2D eigenvalue weighted by Gasteiger charge is -2.14. The second-order valence-corrected chi connectivity index (χ2v) is 5.24. The van der Waals surface area contributed by atoms with Crippen LogP contribution < -0.4 is 5.73 Å². The monoisotopic (exact) mass is 227 g/mol. The number of nitrogens with two attached hydrogens (primary N) is 1. The van der Waals surface area contributed by atoms with E-state index in [2.05, 4.69) is 20.8 Å². The molecule has 0 radical (unpaired) electrons. The first kappa shape index (κ1) is 15.6. The van der Waals surface area contributed by atoms with E-state index in [1.807, 2.05) is 0 Å². The molecule has 0 bridgehead atoms. The zero-order valence-electron chi connectivity index (χ0n) is 11.3. The summed E-state index contributed by atoms with van der Waals surface area (Å²) in [5.41, 5.74) is 5.58. The molecule has 0 aromatic rings. The molecule has 1 unspecified atom stereocenters. The van der Waals surface area contributed by atoms with Crippen molar-refractivity contribution >= 4 is 5.78 Å². The Hall–Kier alpha value is -0.370. The fraction of sp³-hybridized carbons (Fsp3) is 0.929. The van der Waals surface area contributed by atoms with Crippen LogP contribution in [-0.2, 0) is 4.79 Å². The Bertz CT molecular complexity index is 172. The number of rotatable bonds is 10. The third-order valence-corrected chi connectivity index (χ3v) is 3.10. The minimum Gasteiger partial charge on any atom is -0.330 e. The molecular formula is C14H29NO. The van der Waals surface area contributed by atoms with Crippen molar-refractivity contribution in [1.82, 2.24) is 0 Å². The van der Waals surface area contributed by atoms with Crippen LogP contribution in [0.4, 0.5) is 0 Å². The molecule has 0 aliphatic rings. The van der Waals surface area contributed by atoms with Crippen LogP contribution in [0.15, 0.2) is 0 Å². The van der Waals surface area contributed by atoms with Gasteiger partial charge >= 0.3 is 0 Å². The van der Waals surface area contributed by atoms with Crippen molar-refractivity contribution in [3.8, 4) is 0 Å². The van der Waals surface area contributed by atoms with Gasteiger partial charge in [-0.15, -0.1) is 0 Å². The number of ketones is 1. The molecule has 16 heavy (non-hydrogen) atoms. The maximum Gasteiger partial charge on any atom is 0.132 e. The molecule has 1 atom stereocenters. The van der Waals surface area contributed by atoms with Crippen LogP contribution in [0.25, 0.3) is 0 Å². The van der Waals surface area contributed by atoms with Gasteiger partial charge in [-0.1, -0.05) is 33.6 Å². The molecule has 0 spiro atoms. The maximum absolute atomic E-state index is 11.6. The smallest absolute Gasteiger partial charge is 0.132 e.